The normalized spacial score (nSPS) is 19.0. The van der Waals surface area contributed by atoms with Crippen LogP contribution in [0.2, 0.25) is 0 Å². The molecule has 0 bridgehead atoms. The van der Waals surface area contributed by atoms with Crippen LogP contribution in [0.3, 0.4) is 0 Å². The lowest BCUT2D eigenvalue weighted by atomic mass is 9.99. The maximum Gasteiger partial charge on any atom is 0.254 e. The summed E-state index contributed by atoms with van der Waals surface area (Å²) in [6.45, 7) is 8.71. The molecule has 1 aromatic heterocycles. The predicted octanol–water partition coefficient (Wildman–Crippen LogP) is 0.0156. The van der Waals surface area contributed by atoms with Gasteiger partial charge in [0, 0.05) is 32.2 Å². The van der Waals surface area contributed by atoms with Crippen molar-refractivity contribution in [2.24, 2.45) is 12.8 Å². The number of hydrogen-bond donors (Lipinski definition) is 2. The molecule has 0 atom stereocenters. The second-order valence-electron chi connectivity index (χ2n) is 5.41. The first kappa shape index (κ1) is 12.9. The topological polar surface area (TPSA) is 76.2 Å². The summed E-state index contributed by atoms with van der Waals surface area (Å²) < 4.78 is 1.75. The fourth-order valence-corrected chi connectivity index (χ4v) is 2.62. The van der Waals surface area contributed by atoms with Gasteiger partial charge in [0.2, 0.25) is 0 Å². The zero-order chi connectivity index (χ0) is 13.5. The van der Waals surface area contributed by atoms with E-state index in [1.807, 2.05) is 14.0 Å². The van der Waals surface area contributed by atoms with Crippen molar-refractivity contribution < 1.29 is 4.79 Å². The fourth-order valence-electron chi connectivity index (χ4n) is 2.62. The summed E-state index contributed by atoms with van der Waals surface area (Å²) in [6.07, 6.45) is 0. The molecule has 0 spiro atoms. The highest BCUT2D eigenvalue weighted by Gasteiger charge is 2.34. The van der Waals surface area contributed by atoms with Crippen molar-refractivity contribution in [1.29, 1.82) is 0 Å². The summed E-state index contributed by atoms with van der Waals surface area (Å²) in [5, 5.41) is 7.69. The minimum absolute atomic E-state index is 0.0668. The van der Waals surface area contributed by atoms with Gasteiger partial charge >= 0.3 is 0 Å². The van der Waals surface area contributed by atoms with Crippen molar-refractivity contribution in [3.05, 3.63) is 11.3 Å². The van der Waals surface area contributed by atoms with Crippen LogP contribution in [-0.2, 0) is 7.05 Å². The number of piperazine rings is 1. The first-order valence-electron chi connectivity index (χ1n) is 6.16. The lowest BCUT2D eigenvalue weighted by molar-refractivity contribution is 0.1000. The van der Waals surface area contributed by atoms with Gasteiger partial charge in [0.1, 0.15) is 11.4 Å². The number of nitrogens with two attached hydrogens (primary N) is 1. The highest BCUT2D eigenvalue weighted by atomic mass is 16.1. The maximum absolute atomic E-state index is 11.6. The van der Waals surface area contributed by atoms with Crippen LogP contribution in [0, 0.1) is 6.92 Å². The van der Waals surface area contributed by atoms with E-state index in [1.54, 1.807) is 4.68 Å². The van der Waals surface area contributed by atoms with E-state index in [2.05, 4.69) is 29.2 Å². The summed E-state index contributed by atoms with van der Waals surface area (Å²) in [6, 6.07) is 0. The molecule has 0 saturated carbocycles. The van der Waals surface area contributed by atoms with Crippen LogP contribution in [0.5, 0.6) is 0 Å². The first-order valence-corrected chi connectivity index (χ1v) is 6.16. The van der Waals surface area contributed by atoms with Gasteiger partial charge in [-0.15, -0.1) is 0 Å². The number of aromatic nitrogens is 2. The molecule has 1 saturated heterocycles. The van der Waals surface area contributed by atoms with Crippen LogP contribution in [0.25, 0.3) is 0 Å². The quantitative estimate of drug-likeness (QED) is 0.776. The fraction of sp³-hybridized carbons (Fsp3) is 0.667. The van der Waals surface area contributed by atoms with E-state index in [9.17, 15) is 4.79 Å². The number of nitrogens with zero attached hydrogens (tertiary/aromatic N) is 3. The smallest absolute Gasteiger partial charge is 0.254 e. The number of amides is 1. The SMILES string of the molecule is Cc1nn(C)c(N2CCNCC2(C)C)c1C(N)=O. The number of primary amides is 1. The third-order valence-electron chi connectivity index (χ3n) is 3.49. The Hall–Kier alpha value is -1.56. The molecule has 1 aromatic rings. The average Bonchev–Trinajstić information content (AvgIpc) is 2.53. The van der Waals surface area contributed by atoms with Gasteiger partial charge < -0.3 is 16.0 Å². The predicted molar refractivity (Wildman–Crippen MR) is 70.8 cm³/mol. The molecule has 2 heterocycles. The third kappa shape index (κ3) is 1.96. The number of rotatable bonds is 2. The zero-order valence-corrected chi connectivity index (χ0v) is 11.4. The van der Waals surface area contributed by atoms with E-state index >= 15 is 0 Å². The van der Waals surface area contributed by atoms with Crippen molar-refractivity contribution >= 4 is 11.7 Å². The van der Waals surface area contributed by atoms with E-state index in [1.165, 1.54) is 0 Å². The van der Waals surface area contributed by atoms with Gasteiger partial charge in [-0.05, 0) is 20.8 Å². The molecule has 0 aromatic carbocycles. The molecule has 1 fully saturated rings. The highest BCUT2D eigenvalue weighted by molar-refractivity contribution is 5.99. The minimum Gasteiger partial charge on any atom is -0.365 e. The van der Waals surface area contributed by atoms with E-state index in [4.69, 9.17) is 5.73 Å². The number of anilines is 1. The Morgan fingerprint density at radius 1 is 1.50 bits per heavy atom. The van der Waals surface area contributed by atoms with Gasteiger partial charge in [-0.1, -0.05) is 0 Å². The van der Waals surface area contributed by atoms with Crippen molar-refractivity contribution in [3.8, 4) is 0 Å². The molecule has 0 unspecified atom stereocenters. The summed E-state index contributed by atoms with van der Waals surface area (Å²) in [4.78, 5) is 13.8. The Kier molecular flexibility index (Phi) is 3.06. The van der Waals surface area contributed by atoms with Gasteiger partial charge in [-0.3, -0.25) is 9.48 Å². The van der Waals surface area contributed by atoms with Crippen LogP contribution < -0.4 is 16.0 Å². The van der Waals surface area contributed by atoms with Crippen molar-refractivity contribution in [2.75, 3.05) is 24.5 Å². The van der Waals surface area contributed by atoms with E-state index in [0.29, 0.717) is 11.3 Å². The minimum atomic E-state index is -0.412. The van der Waals surface area contributed by atoms with Crippen LogP contribution in [0.1, 0.15) is 29.9 Å². The Labute approximate surface area is 107 Å². The molecule has 18 heavy (non-hydrogen) atoms. The Morgan fingerprint density at radius 2 is 2.17 bits per heavy atom. The van der Waals surface area contributed by atoms with E-state index in [0.717, 1.165) is 25.5 Å². The number of carbonyl (C=O) groups is 1. The molecule has 6 nitrogen and oxygen atoms in total. The molecular weight excluding hydrogens is 230 g/mol. The summed E-state index contributed by atoms with van der Waals surface area (Å²) in [5.41, 5.74) is 6.65. The maximum atomic E-state index is 11.6. The monoisotopic (exact) mass is 251 g/mol. The van der Waals surface area contributed by atoms with E-state index < -0.39 is 5.91 Å². The van der Waals surface area contributed by atoms with E-state index in [-0.39, 0.29) is 5.54 Å². The highest BCUT2D eigenvalue weighted by Crippen LogP contribution is 2.29. The molecule has 100 valence electrons. The Balaban J connectivity index is 2.53. The van der Waals surface area contributed by atoms with Crippen molar-refractivity contribution in [3.63, 3.8) is 0 Å². The number of aryl methyl sites for hydroxylation is 2. The largest absolute Gasteiger partial charge is 0.365 e. The third-order valence-corrected chi connectivity index (χ3v) is 3.49. The number of nitrogens with one attached hydrogen (secondary N) is 1. The van der Waals surface area contributed by atoms with Gasteiger partial charge in [0.05, 0.1) is 5.69 Å². The molecule has 1 aliphatic heterocycles. The Morgan fingerprint density at radius 3 is 2.72 bits per heavy atom. The first-order chi connectivity index (χ1) is 8.34. The van der Waals surface area contributed by atoms with Crippen LogP contribution in [-0.4, -0.2) is 40.9 Å². The van der Waals surface area contributed by atoms with Crippen LogP contribution in [0.15, 0.2) is 0 Å². The molecule has 6 heteroatoms. The standard InChI is InChI=1S/C12H21N5O/c1-8-9(10(13)18)11(16(4)15-8)17-6-5-14-7-12(17,2)3/h14H,5-7H2,1-4H3,(H2,13,18). The summed E-state index contributed by atoms with van der Waals surface area (Å²) in [7, 11) is 1.85. The molecule has 1 aliphatic rings. The lowest BCUT2D eigenvalue weighted by Gasteiger charge is -2.44. The van der Waals surface area contributed by atoms with Gasteiger partial charge in [-0.2, -0.15) is 5.10 Å². The zero-order valence-electron chi connectivity index (χ0n) is 11.4. The molecule has 0 radical (unpaired) electrons. The van der Waals surface area contributed by atoms with Crippen molar-refractivity contribution in [1.82, 2.24) is 15.1 Å². The van der Waals surface area contributed by atoms with Gasteiger partial charge in [0.15, 0.2) is 0 Å². The Bertz CT molecular complexity index is 477. The molecular formula is C12H21N5O. The van der Waals surface area contributed by atoms with Crippen LogP contribution in [0.4, 0.5) is 5.82 Å². The molecule has 2 rings (SSSR count). The molecule has 3 N–H and O–H groups in total. The van der Waals surface area contributed by atoms with Crippen LogP contribution >= 0.6 is 0 Å². The van der Waals surface area contributed by atoms with Gasteiger partial charge in [0.25, 0.3) is 5.91 Å². The number of carbonyl (C=O) groups excluding carboxylic acids is 1. The number of hydrogen-bond acceptors (Lipinski definition) is 4. The second kappa shape index (κ2) is 4.28. The van der Waals surface area contributed by atoms with Crippen molar-refractivity contribution in [2.45, 2.75) is 26.3 Å². The second-order valence-corrected chi connectivity index (χ2v) is 5.41. The lowest BCUT2D eigenvalue weighted by Crippen LogP contribution is -2.59. The average molecular weight is 251 g/mol. The molecule has 0 aliphatic carbocycles. The summed E-state index contributed by atoms with van der Waals surface area (Å²) in [5.74, 6) is 0.413. The molecule has 1 amide bonds. The van der Waals surface area contributed by atoms with Gasteiger partial charge in [-0.25, -0.2) is 0 Å². The summed E-state index contributed by atoms with van der Waals surface area (Å²) >= 11 is 0.